The Morgan fingerprint density at radius 3 is 2.71 bits per heavy atom. The van der Waals surface area contributed by atoms with Crippen LogP contribution in [-0.2, 0) is 6.54 Å². The monoisotopic (exact) mass is 224 g/mol. The fourth-order valence-electron chi connectivity index (χ4n) is 2.54. The van der Waals surface area contributed by atoms with E-state index >= 15 is 0 Å². The lowest BCUT2D eigenvalue weighted by Gasteiger charge is -2.18. The van der Waals surface area contributed by atoms with Crippen LogP contribution < -0.4 is 0 Å². The van der Waals surface area contributed by atoms with E-state index in [2.05, 4.69) is 47.4 Å². The summed E-state index contributed by atoms with van der Waals surface area (Å²) in [5.74, 6) is 0.790. The molecule has 0 aromatic heterocycles. The molecule has 1 heterocycles. The number of nitrogens with zero attached hydrogens (tertiary/aromatic N) is 1. The van der Waals surface area contributed by atoms with Crippen LogP contribution >= 0.6 is 0 Å². The van der Waals surface area contributed by atoms with Crippen LogP contribution in [0.2, 0.25) is 0 Å². The van der Waals surface area contributed by atoms with E-state index in [0.29, 0.717) is 0 Å². The second-order valence-electron chi connectivity index (χ2n) is 4.61. The van der Waals surface area contributed by atoms with Crippen LogP contribution in [0.3, 0.4) is 0 Å². The summed E-state index contributed by atoms with van der Waals surface area (Å²) in [6, 6.07) is 14.9. The minimum Gasteiger partial charge on any atom is -0.356 e. The van der Waals surface area contributed by atoms with Crippen LogP contribution in [0, 0.1) is 5.41 Å². The summed E-state index contributed by atoms with van der Waals surface area (Å²) in [4.78, 5) is 2.18. The summed E-state index contributed by atoms with van der Waals surface area (Å²) in [5.41, 5.74) is 1.33. The normalized spacial score (nSPS) is 15.8. The fraction of sp³-hybridized carbons (Fsp3) is 0.267. The molecule has 0 radical (unpaired) electrons. The van der Waals surface area contributed by atoms with Crippen molar-refractivity contribution >= 4 is 16.6 Å². The third kappa shape index (κ3) is 1.91. The van der Waals surface area contributed by atoms with Crippen LogP contribution in [0.4, 0.5) is 0 Å². The number of rotatable bonds is 2. The van der Waals surface area contributed by atoms with Crippen LogP contribution in [0.15, 0.2) is 42.5 Å². The number of likely N-dealkylation sites (tertiary alicyclic amines) is 1. The summed E-state index contributed by atoms with van der Waals surface area (Å²) in [5, 5.41) is 10.5. The van der Waals surface area contributed by atoms with Gasteiger partial charge in [0.2, 0.25) is 0 Å². The molecule has 1 aliphatic rings. The summed E-state index contributed by atoms with van der Waals surface area (Å²) in [7, 11) is 0. The van der Waals surface area contributed by atoms with Crippen LogP contribution in [-0.4, -0.2) is 17.3 Å². The number of hydrogen-bond acceptors (Lipinski definition) is 1. The van der Waals surface area contributed by atoms with Gasteiger partial charge in [-0.15, -0.1) is 0 Å². The lowest BCUT2D eigenvalue weighted by atomic mass is 10.0. The molecule has 1 saturated heterocycles. The Bertz CT molecular complexity index is 554. The van der Waals surface area contributed by atoms with E-state index in [1.54, 1.807) is 0 Å². The van der Waals surface area contributed by atoms with E-state index in [-0.39, 0.29) is 0 Å². The van der Waals surface area contributed by atoms with Crippen LogP contribution in [0.1, 0.15) is 18.4 Å². The van der Waals surface area contributed by atoms with Gasteiger partial charge in [0.25, 0.3) is 0 Å². The summed E-state index contributed by atoms with van der Waals surface area (Å²) < 4.78 is 0. The van der Waals surface area contributed by atoms with Crippen molar-refractivity contribution in [2.75, 3.05) is 6.54 Å². The van der Waals surface area contributed by atoms with Crippen molar-refractivity contribution < 1.29 is 0 Å². The predicted octanol–water partition coefficient (Wildman–Crippen LogP) is 3.41. The third-order valence-corrected chi connectivity index (χ3v) is 3.46. The highest BCUT2D eigenvalue weighted by Gasteiger charge is 2.17. The second-order valence-corrected chi connectivity index (χ2v) is 4.61. The van der Waals surface area contributed by atoms with Gasteiger partial charge in [0.15, 0.2) is 0 Å². The number of benzene rings is 2. The molecule has 2 nitrogen and oxygen atoms in total. The van der Waals surface area contributed by atoms with Crippen molar-refractivity contribution in [1.29, 1.82) is 5.41 Å². The molecular weight excluding hydrogens is 208 g/mol. The maximum absolute atomic E-state index is 7.89. The van der Waals surface area contributed by atoms with Gasteiger partial charge in [0.05, 0.1) is 5.84 Å². The molecule has 0 unspecified atom stereocenters. The van der Waals surface area contributed by atoms with Gasteiger partial charge in [-0.3, -0.25) is 5.41 Å². The van der Waals surface area contributed by atoms with Crippen LogP contribution in [0.25, 0.3) is 10.8 Å². The fourth-order valence-corrected chi connectivity index (χ4v) is 2.54. The second kappa shape index (κ2) is 4.21. The van der Waals surface area contributed by atoms with Gasteiger partial charge in [-0.1, -0.05) is 42.5 Å². The molecule has 0 aliphatic carbocycles. The molecule has 0 bridgehead atoms. The minimum atomic E-state index is 0.790. The molecule has 1 aliphatic heterocycles. The largest absolute Gasteiger partial charge is 0.356 e. The zero-order valence-corrected chi connectivity index (χ0v) is 9.82. The van der Waals surface area contributed by atoms with Gasteiger partial charge in [0.1, 0.15) is 0 Å². The quantitative estimate of drug-likeness (QED) is 0.831. The van der Waals surface area contributed by atoms with Crippen LogP contribution in [0.5, 0.6) is 0 Å². The highest BCUT2D eigenvalue weighted by molar-refractivity contribution is 5.86. The van der Waals surface area contributed by atoms with E-state index < -0.39 is 0 Å². The molecule has 2 heteroatoms. The maximum atomic E-state index is 7.89. The Kier molecular flexibility index (Phi) is 2.56. The average molecular weight is 224 g/mol. The smallest absolute Gasteiger partial charge is 0.0961 e. The molecule has 86 valence electrons. The molecule has 3 rings (SSSR count). The van der Waals surface area contributed by atoms with Gasteiger partial charge < -0.3 is 4.90 Å². The number of hydrogen-bond donors (Lipinski definition) is 1. The van der Waals surface area contributed by atoms with E-state index in [9.17, 15) is 0 Å². The third-order valence-electron chi connectivity index (χ3n) is 3.46. The zero-order chi connectivity index (χ0) is 11.7. The summed E-state index contributed by atoms with van der Waals surface area (Å²) >= 11 is 0. The first-order chi connectivity index (χ1) is 8.34. The Hall–Kier alpha value is -1.83. The van der Waals surface area contributed by atoms with Gasteiger partial charge in [0, 0.05) is 19.5 Å². The van der Waals surface area contributed by atoms with E-state index in [1.807, 2.05) is 0 Å². The van der Waals surface area contributed by atoms with Gasteiger partial charge in [-0.2, -0.15) is 0 Å². The molecule has 17 heavy (non-hydrogen) atoms. The zero-order valence-electron chi connectivity index (χ0n) is 9.82. The SMILES string of the molecule is N=C1CCCN1Cc1cccc2ccccc12. The number of nitrogens with one attached hydrogen (secondary N) is 1. The van der Waals surface area contributed by atoms with E-state index in [1.165, 1.54) is 16.3 Å². The minimum absolute atomic E-state index is 0.790. The Morgan fingerprint density at radius 1 is 1.06 bits per heavy atom. The molecule has 2 aromatic rings. The van der Waals surface area contributed by atoms with Crippen molar-refractivity contribution in [2.24, 2.45) is 0 Å². The molecule has 0 amide bonds. The van der Waals surface area contributed by atoms with Crippen molar-refractivity contribution in [2.45, 2.75) is 19.4 Å². The molecule has 1 fully saturated rings. The van der Waals surface area contributed by atoms with E-state index in [0.717, 1.165) is 31.8 Å². The molecular formula is C15H16N2. The first kappa shape index (κ1) is 10.3. The van der Waals surface area contributed by atoms with Gasteiger partial charge in [-0.05, 0) is 22.8 Å². The van der Waals surface area contributed by atoms with Crippen molar-refractivity contribution in [1.82, 2.24) is 4.90 Å². The summed E-state index contributed by atoms with van der Waals surface area (Å²) in [6.45, 7) is 1.91. The van der Waals surface area contributed by atoms with Crippen molar-refractivity contribution in [3.05, 3.63) is 48.0 Å². The molecule has 0 saturated carbocycles. The molecule has 2 aromatic carbocycles. The first-order valence-corrected chi connectivity index (χ1v) is 6.13. The lowest BCUT2D eigenvalue weighted by Crippen LogP contribution is -2.23. The average Bonchev–Trinajstić information content (AvgIpc) is 2.76. The highest BCUT2D eigenvalue weighted by atomic mass is 15.2. The number of fused-ring (bicyclic) bond motifs is 1. The first-order valence-electron chi connectivity index (χ1n) is 6.13. The van der Waals surface area contributed by atoms with Crippen molar-refractivity contribution in [3.63, 3.8) is 0 Å². The molecule has 1 N–H and O–H groups in total. The number of amidine groups is 1. The van der Waals surface area contributed by atoms with Crippen molar-refractivity contribution in [3.8, 4) is 0 Å². The van der Waals surface area contributed by atoms with E-state index in [4.69, 9.17) is 5.41 Å². The molecule has 0 spiro atoms. The Morgan fingerprint density at radius 2 is 1.88 bits per heavy atom. The molecule has 0 atom stereocenters. The standard InChI is InChI=1S/C15H16N2/c16-15-9-4-10-17(15)11-13-7-3-6-12-5-1-2-8-14(12)13/h1-3,5-8,16H,4,9-11H2. The Balaban J connectivity index is 1.97. The topological polar surface area (TPSA) is 27.1 Å². The summed E-state index contributed by atoms with van der Waals surface area (Å²) in [6.07, 6.45) is 2.06. The van der Waals surface area contributed by atoms with Gasteiger partial charge >= 0.3 is 0 Å². The van der Waals surface area contributed by atoms with Gasteiger partial charge in [-0.25, -0.2) is 0 Å². The lowest BCUT2D eigenvalue weighted by molar-refractivity contribution is 0.448. The predicted molar refractivity (Wildman–Crippen MR) is 71.3 cm³/mol. The Labute approximate surface area is 101 Å². The maximum Gasteiger partial charge on any atom is 0.0961 e. The highest BCUT2D eigenvalue weighted by Crippen LogP contribution is 2.22.